The minimum atomic E-state index is -0.336. The van der Waals surface area contributed by atoms with Gasteiger partial charge in [-0.2, -0.15) is 4.68 Å². The SMILES string of the molecule is Cc1cc(F)ccc1NC(=O)c1ccc(-n2nnnc2SCc2ccccc2)cc1. The Labute approximate surface area is 177 Å². The molecule has 0 fully saturated rings. The molecule has 0 aliphatic carbocycles. The normalized spacial score (nSPS) is 10.7. The fourth-order valence-electron chi connectivity index (χ4n) is 2.87. The molecule has 0 saturated heterocycles. The lowest BCUT2D eigenvalue weighted by molar-refractivity contribution is 0.102. The predicted octanol–water partition coefficient (Wildman–Crippen LogP) is 4.65. The van der Waals surface area contributed by atoms with Crippen molar-refractivity contribution in [2.45, 2.75) is 17.8 Å². The van der Waals surface area contributed by atoms with Gasteiger partial charge in [0.05, 0.1) is 5.69 Å². The Morgan fingerprint density at radius 3 is 2.57 bits per heavy atom. The Hall–Kier alpha value is -3.52. The number of thioether (sulfide) groups is 1. The summed E-state index contributed by atoms with van der Waals surface area (Å²) in [6.07, 6.45) is 0. The molecule has 4 rings (SSSR count). The number of rotatable bonds is 6. The van der Waals surface area contributed by atoms with Crippen LogP contribution in [0.5, 0.6) is 0 Å². The molecule has 8 heteroatoms. The molecule has 1 heterocycles. The monoisotopic (exact) mass is 419 g/mol. The van der Waals surface area contributed by atoms with Crippen LogP contribution >= 0.6 is 11.8 Å². The fourth-order valence-corrected chi connectivity index (χ4v) is 3.72. The van der Waals surface area contributed by atoms with Crippen LogP contribution < -0.4 is 5.32 Å². The molecule has 1 N–H and O–H groups in total. The molecule has 1 aromatic heterocycles. The Bertz CT molecular complexity index is 1160. The van der Waals surface area contributed by atoms with E-state index < -0.39 is 0 Å². The van der Waals surface area contributed by atoms with E-state index in [4.69, 9.17) is 0 Å². The average molecular weight is 419 g/mol. The van der Waals surface area contributed by atoms with Crippen molar-refractivity contribution >= 4 is 23.4 Å². The standard InChI is InChI=1S/C22H18FN5OS/c1-15-13-18(23)9-12-20(15)24-21(29)17-7-10-19(11-8-17)28-22(25-26-27-28)30-14-16-5-3-2-4-6-16/h2-13H,14H2,1H3,(H,24,29). The second kappa shape index (κ2) is 8.87. The molecule has 3 aromatic carbocycles. The van der Waals surface area contributed by atoms with Crippen molar-refractivity contribution in [2.75, 3.05) is 5.32 Å². The van der Waals surface area contributed by atoms with Gasteiger partial charge in [-0.05, 0) is 70.9 Å². The van der Waals surface area contributed by atoms with E-state index in [0.29, 0.717) is 22.0 Å². The van der Waals surface area contributed by atoms with E-state index in [9.17, 15) is 9.18 Å². The lowest BCUT2D eigenvalue weighted by Crippen LogP contribution is -2.13. The lowest BCUT2D eigenvalue weighted by Gasteiger charge is -2.09. The van der Waals surface area contributed by atoms with Gasteiger partial charge in [-0.3, -0.25) is 4.79 Å². The van der Waals surface area contributed by atoms with Gasteiger partial charge >= 0.3 is 0 Å². The summed E-state index contributed by atoms with van der Waals surface area (Å²) in [5, 5.41) is 15.4. The van der Waals surface area contributed by atoms with Crippen LogP contribution in [0.2, 0.25) is 0 Å². The predicted molar refractivity (Wildman–Crippen MR) is 114 cm³/mol. The number of nitrogens with zero attached hydrogens (tertiary/aromatic N) is 4. The molecule has 4 aromatic rings. The average Bonchev–Trinajstić information content (AvgIpc) is 3.24. The Balaban J connectivity index is 1.46. The second-order valence-corrected chi connectivity index (χ2v) is 7.55. The van der Waals surface area contributed by atoms with E-state index in [0.717, 1.165) is 11.4 Å². The third-order valence-electron chi connectivity index (χ3n) is 4.46. The number of nitrogens with one attached hydrogen (secondary N) is 1. The maximum Gasteiger partial charge on any atom is 0.255 e. The molecule has 6 nitrogen and oxygen atoms in total. The van der Waals surface area contributed by atoms with Crippen molar-refractivity contribution in [3.63, 3.8) is 0 Å². The second-order valence-electron chi connectivity index (χ2n) is 6.61. The zero-order valence-corrected chi connectivity index (χ0v) is 16.9. The zero-order valence-electron chi connectivity index (χ0n) is 16.1. The third-order valence-corrected chi connectivity index (χ3v) is 5.45. The fraction of sp³-hybridized carbons (Fsp3) is 0.0909. The number of aryl methyl sites for hydroxylation is 1. The molecule has 0 aliphatic heterocycles. The summed E-state index contributed by atoms with van der Waals surface area (Å²) in [5.41, 5.74) is 3.65. The van der Waals surface area contributed by atoms with Gasteiger partial charge in [0.2, 0.25) is 5.16 Å². The van der Waals surface area contributed by atoms with Gasteiger partial charge in [-0.15, -0.1) is 5.10 Å². The highest BCUT2D eigenvalue weighted by Crippen LogP contribution is 2.23. The summed E-state index contributed by atoms with van der Waals surface area (Å²) in [6.45, 7) is 1.74. The number of hydrogen-bond acceptors (Lipinski definition) is 5. The summed E-state index contributed by atoms with van der Waals surface area (Å²) in [7, 11) is 0. The van der Waals surface area contributed by atoms with Crippen LogP contribution in [-0.2, 0) is 5.75 Å². The minimum Gasteiger partial charge on any atom is -0.322 e. The quantitative estimate of drug-likeness (QED) is 0.461. The summed E-state index contributed by atoms with van der Waals surface area (Å²) < 4.78 is 14.9. The van der Waals surface area contributed by atoms with Crippen LogP contribution in [0.25, 0.3) is 5.69 Å². The maximum atomic E-state index is 13.2. The molecule has 0 saturated carbocycles. The largest absolute Gasteiger partial charge is 0.322 e. The van der Waals surface area contributed by atoms with Gasteiger partial charge in [0.15, 0.2) is 0 Å². The van der Waals surface area contributed by atoms with Gasteiger partial charge in [0.1, 0.15) is 5.82 Å². The van der Waals surface area contributed by atoms with E-state index in [1.807, 2.05) is 18.2 Å². The van der Waals surface area contributed by atoms with E-state index in [2.05, 4.69) is 33.0 Å². The van der Waals surface area contributed by atoms with Crippen LogP contribution in [0.3, 0.4) is 0 Å². The zero-order chi connectivity index (χ0) is 20.9. The van der Waals surface area contributed by atoms with Crippen molar-refractivity contribution in [1.82, 2.24) is 20.2 Å². The van der Waals surface area contributed by atoms with Crippen LogP contribution in [0.15, 0.2) is 78.0 Å². The highest BCUT2D eigenvalue weighted by Gasteiger charge is 2.12. The number of tetrazole rings is 1. The van der Waals surface area contributed by atoms with Crippen LogP contribution in [0.1, 0.15) is 21.5 Å². The van der Waals surface area contributed by atoms with Crippen LogP contribution in [0.4, 0.5) is 10.1 Å². The number of aromatic nitrogens is 4. The van der Waals surface area contributed by atoms with Crippen molar-refractivity contribution in [1.29, 1.82) is 0 Å². The summed E-state index contributed by atoms with van der Waals surface area (Å²) in [4.78, 5) is 12.5. The van der Waals surface area contributed by atoms with E-state index in [1.165, 1.54) is 29.5 Å². The first-order chi connectivity index (χ1) is 14.6. The van der Waals surface area contributed by atoms with Gasteiger partial charge in [0, 0.05) is 17.0 Å². The number of amides is 1. The molecule has 1 amide bonds. The summed E-state index contributed by atoms with van der Waals surface area (Å²) in [6, 6.07) is 21.3. The number of carbonyl (C=O) groups excluding carboxylic acids is 1. The number of halogens is 1. The Morgan fingerprint density at radius 2 is 1.83 bits per heavy atom. The van der Waals surface area contributed by atoms with Crippen LogP contribution in [-0.4, -0.2) is 26.1 Å². The number of carbonyl (C=O) groups is 1. The minimum absolute atomic E-state index is 0.272. The summed E-state index contributed by atoms with van der Waals surface area (Å²) >= 11 is 1.53. The van der Waals surface area contributed by atoms with Crippen molar-refractivity contribution in [2.24, 2.45) is 0 Å². The van der Waals surface area contributed by atoms with Gasteiger partial charge in [-0.1, -0.05) is 42.1 Å². The highest BCUT2D eigenvalue weighted by atomic mass is 32.2. The number of hydrogen-bond donors (Lipinski definition) is 1. The van der Waals surface area contributed by atoms with Crippen molar-refractivity contribution in [3.8, 4) is 5.69 Å². The van der Waals surface area contributed by atoms with Crippen molar-refractivity contribution in [3.05, 3.63) is 95.3 Å². The van der Waals surface area contributed by atoms with E-state index >= 15 is 0 Å². The Kier molecular flexibility index (Phi) is 5.85. The lowest BCUT2D eigenvalue weighted by atomic mass is 10.1. The van der Waals surface area contributed by atoms with E-state index in [-0.39, 0.29) is 11.7 Å². The van der Waals surface area contributed by atoms with Gasteiger partial charge in [0.25, 0.3) is 5.91 Å². The third kappa shape index (κ3) is 4.55. The van der Waals surface area contributed by atoms with Crippen LogP contribution in [0, 0.1) is 12.7 Å². The molecule has 0 atom stereocenters. The molecule has 30 heavy (non-hydrogen) atoms. The van der Waals surface area contributed by atoms with Gasteiger partial charge < -0.3 is 5.32 Å². The summed E-state index contributed by atoms with van der Waals surface area (Å²) in [5.74, 6) is 0.141. The molecule has 0 aliphatic rings. The molecular weight excluding hydrogens is 401 g/mol. The number of benzene rings is 3. The van der Waals surface area contributed by atoms with Gasteiger partial charge in [-0.25, -0.2) is 4.39 Å². The Morgan fingerprint density at radius 1 is 1.07 bits per heavy atom. The molecule has 0 bridgehead atoms. The highest BCUT2D eigenvalue weighted by molar-refractivity contribution is 7.98. The van der Waals surface area contributed by atoms with Crippen molar-refractivity contribution < 1.29 is 9.18 Å². The molecule has 150 valence electrons. The first kappa shape index (κ1) is 19.8. The molecule has 0 spiro atoms. The first-order valence-electron chi connectivity index (χ1n) is 9.23. The topological polar surface area (TPSA) is 72.7 Å². The first-order valence-corrected chi connectivity index (χ1v) is 10.2. The maximum absolute atomic E-state index is 13.2. The van der Waals surface area contributed by atoms with E-state index in [1.54, 1.807) is 41.9 Å². The molecular formula is C22H18FN5OS. The smallest absolute Gasteiger partial charge is 0.255 e. The molecule has 0 unspecified atom stereocenters. The molecule has 0 radical (unpaired) electrons. The number of anilines is 1.